The third-order valence-electron chi connectivity index (χ3n) is 4.31. The first-order valence-electron chi connectivity index (χ1n) is 9.68. The fourth-order valence-corrected chi connectivity index (χ4v) is 2.79. The molecule has 0 unspecified atom stereocenters. The SMILES string of the molecule is CCCCCCCCCCCCCC(=O)OC(=O)c1ccccc1O.[NaH]. The van der Waals surface area contributed by atoms with Crippen LogP contribution in [-0.2, 0) is 9.53 Å². The van der Waals surface area contributed by atoms with Gasteiger partial charge in [0.05, 0.1) is 0 Å². The number of unbranched alkanes of at least 4 members (excludes halogenated alkanes) is 10. The molecule has 0 fully saturated rings. The van der Waals surface area contributed by atoms with Crippen molar-refractivity contribution >= 4 is 41.5 Å². The van der Waals surface area contributed by atoms with E-state index in [1.54, 1.807) is 12.1 Å². The molecule has 0 saturated carbocycles. The van der Waals surface area contributed by atoms with Gasteiger partial charge in [0.15, 0.2) is 0 Å². The number of esters is 2. The molecule has 142 valence electrons. The Hall–Kier alpha value is -0.840. The molecule has 5 heteroatoms. The third kappa shape index (κ3) is 11.7. The van der Waals surface area contributed by atoms with Crippen molar-refractivity contribution in [2.24, 2.45) is 0 Å². The second kappa shape index (κ2) is 16.3. The number of rotatable bonds is 13. The molecule has 1 rings (SSSR count). The Morgan fingerprint density at radius 2 is 1.35 bits per heavy atom. The van der Waals surface area contributed by atoms with E-state index in [-0.39, 0.29) is 47.3 Å². The average molecular weight is 372 g/mol. The maximum absolute atomic E-state index is 11.8. The summed E-state index contributed by atoms with van der Waals surface area (Å²) in [6.07, 6.45) is 13.6. The molecule has 0 saturated heterocycles. The van der Waals surface area contributed by atoms with Crippen LogP contribution in [0.3, 0.4) is 0 Å². The topological polar surface area (TPSA) is 63.6 Å². The minimum absolute atomic E-state index is 0. The van der Waals surface area contributed by atoms with Gasteiger partial charge in [-0.1, -0.05) is 83.3 Å². The van der Waals surface area contributed by atoms with Gasteiger partial charge in [-0.15, -0.1) is 0 Å². The molecule has 0 bridgehead atoms. The Morgan fingerprint density at radius 1 is 0.846 bits per heavy atom. The standard InChI is InChI=1S/C21H32O4.Na.H/c1-2-3-4-5-6-7-8-9-10-11-12-17-20(23)25-21(24)18-15-13-14-16-19(18)22;;/h13-16,22H,2-12,17H2,1H3;;. The molecule has 0 aromatic heterocycles. The van der Waals surface area contributed by atoms with Crippen molar-refractivity contribution in [1.82, 2.24) is 0 Å². The Bertz CT molecular complexity index is 516. The van der Waals surface area contributed by atoms with Gasteiger partial charge in [-0.2, -0.15) is 0 Å². The van der Waals surface area contributed by atoms with E-state index in [2.05, 4.69) is 6.92 Å². The number of hydrogen-bond acceptors (Lipinski definition) is 4. The normalized spacial score (nSPS) is 10.2. The Kier molecular flexibility index (Phi) is 15.8. The van der Waals surface area contributed by atoms with E-state index in [0.29, 0.717) is 0 Å². The Balaban J connectivity index is 0.00000625. The molecule has 0 spiro atoms. The van der Waals surface area contributed by atoms with Crippen molar-refractivity contribution in [1.29, 1.82) is 0 Å². The number of para-hydroxylation sites is 1. The van der Waals surface area contributed by atoms with Gasteiger partial charge < -0.3 is 9.84 Å². The number of phenolic OH excluding ortho intramolecular Hbond substituents is 1. The van der Waals surface area contributed by atoms with Crippen molar-refractivity contribution in [2.75, 3.05) is 0 Å². The molecule has 1 aromatic rings. The first-order valence-corrected chi connectivity index (χ1v) is 9.68. The Morgan fingerprint density at radius 3 is 1.88 bits per heavy atom. The van der Waals surface area contributed by atoms with Crippen molar-refractivity contribution in [2.45, 2.75) is 84.0 Å². The van der Waals surface area contributed by atoms with Crippen molar-refractivity contribution in [3.63, 3.8) is 0 Å². The molecule has 26 heavy (non-hydrogen) atoms. The first-order chi connectivity index (χ1) is 12.1. The van der Waals surface area contributed by atoms with Gasteiger partial charge in [0.25, 0.3) is 0 Å². The summed E-state index contributed by atoms with van der Waals surface area (Å²) < 4.78 is 4.77. The number of hydrogen-bond donors (Lipinski definition) is 1. The predicted octanol–water partition coefficient (Wildman–Crippen LogP) is 5.13. The second-order valence-corrected chi connectivity index (χ2v) is 6.56. The zero-order chi connectivity index (χ0) is 18.3. The number of aromatic hydroxyl groups is 1. The summed E-state index contributed by atoms with van der Waals surface area (Å²) >= 11 is 0. The van der Waals surface area contributed by atoms with E-state index in [9.17, 15) is 14.7 Å². The van der Waals surface area contributed by atoms with Crippen LogP contribution in [0.2, 0.25) is 0 Å². The number of carbonyl (C=O) groups is 2. The summed E-state index contributed by atoms with van der Waals surface area (Å²) in [7, 11) is 0. The molecular weight excluding hydrogens is 339 g/mol. The summed E-state index contributed by atoms with van der Waals surface area (Å²) in [6, 6.07) is 6.06. The number of ether oxygens (including phenoxy) is 1. The average Bonchev–Trinajstić information content (AvgIpc) is 2.60. The predicted molar refractivity (Wildman–Crippen MR) is 107 cm³/mol. The van der Waals surface area contributed by atoms with Gasteiger partial charge in [0.1, 0.15) is 11.3 Å². The molecule has 0 aliphatic rings. The van der Waals surface area contributed by atoms with E-state index < -0.39 is 11.9 Å². The van der Waals surface area contributed by atoms with E-state index in [1.807, 2.05) is 0 Å². The molecule has 1 aromatic carbocycles. The van der Waals surface area contributed by atoms with Crippen molar-refractivity contribution in [3.05, 3.63) is 29.8 Å². The van der Waals surface area contributed by atoms with Gasteiger partial charge >= 0.3 is 41.5 Å². The number of carbonyl (C=O) groups excluding carboxylic acids is 2. The van der Waals surface area contributed by atoms with Crippen LogP contribution < -0.4 is 0 Å². The second-order valence-electron chi connectivity index (χ2n) is 6.56. The van der Waals surface area contributed by atoms with Crippen LogP contribution >= 0.6 is 0 Å². The minimum atomic E-state index is -0.786. The van der Waals surface area contributed by atoms with E-state index in [4.69, 9.17) is 4.74 Å². The molecule has 0 aliphatic heterocycles. The number of benzene rings is 1. The number of phenols is 1. The van der Waals surface area contributed by atoms with Crippen LogP contribution in [-0.4, -0.2) is 46.6 Å². The zero-order valence-electron chi connectivity index (χ0n) is 15.5. The zero-order valence-corrected chi connectivity index (χ0v) is 15.5. The van der Waals surface area contributed by atoms with Crippen molar-refractivity contribution in [3.8, 4) is 5.75 Å². The van der Waals surface area contributed by atoms with Gasteiger partial charge in [0, 0.05) is 6.42 Å². The molecule has 0 amide bonds. The van der Waals surface area contributed by atoms with Gasteiger partial charge in [-0.05, 0) is 18.6 Å². The summed E-state index contributed by atoms with van der Waals surface area (Å²) in [6.45, 7) is 2.23. The fourth-order valence-electron chi connectivity index (χ4n) is 2.79. The monoisotopic (exact) mass is 372 g/mol. The van der Waals surface area contributed by atoms with Crippen LogP contribution in [0.15, 0.2) is 24.3 Å². The molecule has 1 N–H and O–H groups in total. The maximum atomic E-state index is 11.8. The van der Waals surface area contributed by atoms with Crippen LogP contribution in [0, 0.1) is 0 Å². The molecular formula is C21H33NaO4. The van der Waals surface area contributed by atoms with Gasteiger partial charge in [-0.3, -0.25) is 4.79 Å². The van der Waals surface area contributed by atoms with E-state index >= 15 is 0 Å². The summed E-state index contributed by atoms with van der Waals surface area (Å²) in [4.78, 5) is 23.4. The quantitative estimate of drug-likeness (QED) is 0.226. The molecule has 0 radical (unpaired) electrons. The molecule has 0 atom stereocenters. The van der Waals surface area contributed by atoms with Crippen LogP contribution in [0.25, 0.3) is 0 Å². The van der Waals surface area contributed by atoms with Crippen LogP contribution in [0.1, 0.15) is 94.3 Å². The molecule has 4 nitrogen and oxygen atoms in total. The van der Waals surface area contributed by atoms with Gasteiger partial charge in [0.2, 0.25) is 0 Å². The summed E-state index contributed by atoms with van der Waals surface area (Å²) in [5.74, 6) is -1.48. The first kappa shape index (κ1) is 25.2. The van der Waals surface area contributed by atoms with Crippen LogP contribution in [0.5, 0.6) is 5.75 Å². The third-order valence-corrected chi connectivity index (χ3v) is 4.31. The summed E-state index contributed by atoms with van der Waals surface area (Å²) in [5, 5.41) is 9.56. The van der Waals surface area contributed by atoms with Crippen LogP contribution in [0.4, 0.5) is 0 Å². The summed E-state index contributed by atoms with van der Waals surface area (Å²) in [5.41, 5.74) is 0.0230. The van der Waals surface area contributed by atoms with E-state index in [1.165, 1.54) is 63.5 Å². The molecule has 0 heterocycles. The Labute approximate surface area is 180 Å². The van der Waals surface area contributed by atoms with E-state index in [0.717, 1.165) is 19.3 Å². The fraction of sp³-hybridized carbons (Fsp3) is 0.619. The van der Waals surface area contributed by atoms with Crippen molar-refractivity contribution < 1.29 is 19.4 Å². The molecule has 0 aliphatic carbocycles. The van der Waals surface area contributed by atoms with Gasteiger partial charge in [-0.25, -0.2) is 4.79 Å².